The summed E-state index contributed by atoms with van der Waals surface area (Å²) in [5, 5.41) is 2.84. The van der Waals surface area contributed by atoms with Gasteiger partial charge in [-0.1, -0.05) is 0 Å². The zero-order valence-electron chi connectivity index (χ0n) is 8.95. The molecule has 1 aromatic carbocycles. The summed E-state index contributed by atoms with van der Waals surface area (Å²) in [4.78, 5) is 8.06. The first-order valence-corrected chi connectivity index (χ1v) is 5.61. The Balaban J connectivity index is 2.27. The first-order chi connectivity index (χ1) is 8.19. The summed E-state index contributed by atoms with van der Waals surface area (Å²) in [5.41, 5.74) is 0. The molecule has 0 saturated carbocycles. The number of nitrogens with zero attached hydrogens (tertiary/aromatic N) is 2. The molecular weight excluding hydrogens is 289 g/mol. The zero-order valence-corrected chi connectivity index (χ0v) is 10.5. The van der Waals surface area contributed by atoms with Crippen LogP contribution in [-0.4, -0.2) is 17.0 Å². The van der Waals surface area contributed by atoms with E-state index in [1.807, 2.05) is 0 Å². The Morgan fingerprint density at radius 1 is 1.35 bits per heavy atom. The summed E-state index contributed by atoms with van der Waals surface area (Å²) in [7, 11) is 1.73. The highest BCUT2D eigenvalue weighted by atomic mass is 79.9. The Labute approximate surface area is 106 Å². The normalized spacial score (nSPS) is 10.1. The lowest BCUT2D eigenvalue weighted by molar-refractivity contribution is 0.453. The summed E-state index contributed by atoms with van der Waals surface area (Å²) in [6.45, 7) is 0. The maximum absolute atomic E-state index is 13.0. The van der Waals surface area contributed by atoms with E-state index in [1.54, 1.807) is 19.3 Å². The Morgan fingerprint density at radius 3 is 2.94 bits per heavy atom. The molecule has 2 rings (SSSR count). The lowest BCUT2D eigenvalue weighted by atomic mass is 10.3. The number of halogens is 2. The van der Waals surface area contributed by atoms with Crippen LogP contribution in [0.2, 0.25) is 0 Å². The van der Waals surface area contributed by atoms with Crippen molar-refractivity contribution in [3.63, 3.8) is 0 Å². The highest BCUT2D eigenvalue weighted by Crippen LogP contribution is 2.29. The number of nitrogens with one attached hydrogen (secondary N) is 1. The number of anilines is 1. The summed E-state index contributed by atoms with van der Waals surface area (Å²) < 4.78 is 19.1. The van der Waals surface area contributed by atoms with Crippen molar-refractivity contribution in [2.45, 2.75) is 0 Å². The van der Waals surface area contributed by atoms with Crippen LogP contribution in [0, 0.1) is 5.82 Å². The topological polar surface area (TPSA) is 47.0 Å². The van der Waals surface area contributed by atoms with Gasteiger partial charge in [0.2, 0.25) is 5.88 Å². The van der Waals surface area contributed by atoms with Gasteiger partial charge in [0.15, 0.2) is 0 Å². The summed E-state index contributed by atoms with van der Waals surface area (Å²) in [6.07, 6.45) is 3.02. The Bertz CT molecular complexity index is 536. The van der Waals surface area contributed by atoms with Gasteiger partial charge in [-0.3, -0.25) is 4.98 Å². The summed E-state index contributed by atoms with van der Waals surface area (Å²) >= 11 is 3.27. The van der Waals surface area contributed by atoms with Gasteiger partial charge in [0.1, 0.15) is 17.4 Å². The van der Waals surface area contributed by atoms with Crippen LogP contribution >= 0.6 is 15.9 Å². The molecule has 6 heteroatoms. The molecule has 0 aliphatic rings. The number of rotatable bonds is 3. The second kappa shape index (κ2) is 5.09. The van der Waals surface area contributed by atoms with E-state index in [0.29, 0.717) is 21.9 Å². The zero-order chi connectivity index (χ0) is 12.3. The minimum atomic E-state index is -0.374. The van der Waals surface area contributed by atoms with E-state index in [1.165, 1.54) is 18.3 Å². The number of benzene rings is 1. The van der Waals surface area contributed by atoms with Gasteiger partial charge in [0.25, 0.3) is 0 Å². The largest absolute Gasteiger partial charge is 0.436 e. The molecule has 0 aliphatic heterocycles. The molecule has 88 valence electrons. The third-order valence-corrected chi connectivity index (χ3v) is 2.63. The predicted octanol–water partition coefficient (Wildman–Crippen LogP) is 3.21. The fourth-order valence-electron chi connectivity index (χ4n) is 1.19. The molecule has 0 amide bonds. The van der Waals surface area contributed by atoms with Gasteiger partial charge in [-0.25, -0.2) is 4.39 Å². The average Bonchev–Trinajstić information content (AvgIpc) is 2.34. The van der Waals surface area contributed by atoms with E-state index in [0.717, 1.165) is 0 Å². The van der Waals surface area contributed by atoms with E-state index in [2.05, 4.69) is 31.2 Å². The van der Waals surface area contributed by atoms with E-state index in [4.69, 9.17) is 4.74 Å². The highest BCUT2D eigenvalue weighted by Gasteiger charge is 2.06. The fraction of sp³-hybridized carbons (Fsp3) is 0.0909. The summed E-state index contributed by atoms with van der Waals surface area (Å²) in [5.74, 6) is 0.853. The first-order valence-electron chi connectivity index (χ1n) is 4.82. The van der Waals surface area contributed by atoms with Gasteiger partial charge >= 0.3 is 0 Å². The number of ether oxygens (including phenoxy) is 1. The van der Waals surface area contributed by atoms with Crippen LogP contribution in [0.1, 0.15) is 0 Å². The van der Waals surface area contributed by atoms with E-state index in [-0.39, 0.29) is 5.82 Å². The van der Waals surface area contributed by atoms with Crippen molar-refractivity contribution >= 4 is 21.7 Å². The van der Waals surface area contributed by atoms with Crippen molar-refractivity contribution in [2.75, 3.05) is 12.4 Å². The molecule has 1 aromatic heterocycles. The molecule has 4 nitrogen and oxygen atoms in total. The summed E-state index contributed by atoms with van der Waals surface area (Å²) in [6, 6.07) is 4.18. The second-order valence-corrected chi connectivity index (χ2v) is 4.02. The van der Waals surface area contributed by atoms with Crippen LogP contribution < -0.4 is 10.1 Å². The molecule has 1 heterocycles. The SMILES string of the molecule is CNc1cncc(Oc2cc(F)ccc2Br)n1. The van der Waals surface area contributed by atoms with Gasteiger partial charge in [-0.05, 0) is 28.1 Å². The molecule has 0 spiro atoms. The Hall–Kier alpha value is -1.69. The van der Waals surface area contributed by atoms with Crippen LogP contribution in [0.25, 0.3) is 0 Å². The van der Waals surface area contributed by atoms with Gasteiger partial charge in [-0.2, -0.15) is 4.98 Å². The van der Waals surface area contributed by atoms with Gasteiger partial charge in [0, 0.05) is 13.1 Å². The number of hydrogen-bond acceptors (Lipinski definition) is 4. The van der Waals surface area contributed by atoms with Crippen LogP contribution in [0.4, 0.5) is 10.2 Å². The van der Waals surface area contributed by atoms with Gasteiger partial charge in [-0.15, -0.1) is 0 Å². The van der Waals surface area contributed by atoms with Crippen molar-refractivity contribution in [1.82, 2.24) is 9.97 Å². The smallest absolute Gasteiger partial charge is 0.239 e. The molecule has 2 aromatic rings. The maximum Gasteiger partial charge on any atom is 0.239 e. The maximum atomic E-state index is 13.0. The second-order valence-electron chi connectivity index (χ2n) is 3.17. The van der Waals surface area contributed by atoms with E-state index in [9.17, 15) is 4.39 Å². The van der Waals surface area contributed by atoms with E-state index >= 15 is 0 Å². The molecule has 0 unspecified atom stereocenters. The quantitative estimate of drug-likeness (QED) is 0.945. The molecule has 0 radical (unpaired) electrons. The van der Waals surface area contributed by atoms with Crippen LogP contribution in [0.3, 0.4) is 0 Å². The highest BCUT2D eigenvalue weighted by molar-refractivity contribution is 9.10. The Morgan fingerprint density at radius 2 is 2.18 bits per heavy atom. The van der Waals surface area contributed by atoms with E-state index < -0.39 is 0 Å². The molecule has 0 atom stereocenters. The molecule has 0 bridgehead atoms. The van der Waals surface area contributed by atoms with Gasteiger partial charge in [0.05, 0.1) is 16.9 Å². The molecule has 0 saturated heterocycles. The fourth-order valence-corrected chi connectivity index (χ4v) is 1.51. The standard InChI is InChI=1S/C11H9BrFN3O/c1-14-10-5-15-6-11(16-10)17-9-4-7(13)2-3-8(9)12/h2-6H,1H3,(H,14,16). The van der Waals surface area contributed by atoms with Gasteiger partial charge < -0.3 is 10.1 Å². The predicted molar refractivity (Wildman–Crippen MR) is 65.8 cm³/mol. The van der Waals surface area contributed by atoms with Crippen molar-refractivity contribution in [3.05, 3.63) is 40.9 Å². The first kappa shape index (κ1) is 11.8. The number of aromatic nitrogens is 2. The van der Waals surface area contributed by atoms with Crippen molar-refractivity contribution in [2.24, 2.45) is 0 Å². The third-order valence-electron chi connectivity index (χ3n) is 1.98. The molecular formula is C11H9BrFN3O. The van der Waals surface area contributed by atoms with Crippen LogP contribution in [0.15, 0.2) is 35.1 Å². The van der Waals surface area contributed by atoms with Crippen molar-refractivity contribution < 1.29 is 9.13 Å². The molecule has 1 N–H and O–H groups in total. The monoisotopic (exact) mass is 297 g/mol. The lowest BCUT2D eigenvalue weighted by Crippen LogP contribution is -1.96. The number of hydrogen-bond donors (Lipinski definition) is 1. The van der Waals surface area contributed by atoms with Crippen molar-refractivity contribution in [1.29, 1.82) is 0 Å². The lowest BCUT2D eigenvalue weighted by Gasteiger charge is -2.07. The minimum absolute atomic E-state index is 0.295. The molecule has 17 heavy (non-hydrogen) atoms. The van der Waals surface area contributed by atoms with Crippen LogP contribution in [-0.2, 0) is 0 Å². The van der Waals surface area contributed by atoms with Crippen molar-refractivity contribution in [3.8, 4) is 11.6 Å². The minimum Gasteiger partial charge on any atom is -0.436 e. The molecule has 0 aliphatic carbocycles. The van der Waals surface area contributed by atoms with Crippen LogP contribution in [0.5, 0.6) is 11.6 Å². The Kier molecular flexibility index (Phi) is 3.53. The average molecular weight is 298 g/mol. The third kappa shape index (κ3) is 2.91. The molecule has 0 fully saturated rings.